The van der Waals surface area contributed by atoms with Crippen LogP contribution in [0.4, 0.5) is 17.2 Å². The van der Waals surface area contributed by atoms with Gasteiger partial charge < -0.3 is 9.80 Å². The van der Waals surface area contributed by atoms with Crippen LogP contribution in [0.2, 0.25) is 5.02 Å². The molecule has 8 heteroatoms. The van der Waals surface area contributed by atoms with Crippen molar-refractivity contribution < 1.29 is 4.92 Å². The van der Waals surface area contributed by atoms with Crippen LogP contribution in [-0.2, 0) is 0 Å². The fourth-order valence-corrected chi connectivity index (χ4v) is 3.02. The monoisotopic (exact) mass is 343 g/mol. The normalized spacial score (nSPS) is 14.3. The summed E-state index contributed by atoms with van der Waals surface area (Å²) < 4.78 is 0. The van der Waals surface area contributed by atoms with Crippen LogP contribution in [0.25, 0.3) is 0 Å². The number of rotatable bonds is 3. The number of nitriles is 1. The number of hydrogen-bond donors (Lipinski definition) is 0. The summed E-state index contributed by atoms with van der Waals surface area (Å²) in [5.41, 5.74) is 0.772. The molecule has 0 aliphatic carbocycles. The average molecular weight is 344 g/mol. The average Bonchev–Trinajstić information content (AvgIpc) is 2.62. The van der Waals surface area contributed by atoms with E-state index in [2.05, 4.69) is 9.88 Å². The van der Waals surface area contributed by atoms with Crippen molar-refractivity contribution in [3.05, 3.63) is 57.2 Å². The van der Waals surface area contributed by atoms with E-state index in [1.165, 1.54) is 6.07 Å². The first-order valence-electron chi connectivity index (χ1n) is 7.39. The molecule has 0 radical (unpaired) electrons. The molecule has 2 heterocycles. The highest BCUT2D eigenvalue weighted by Crippen LogP contribution is 2.31. The Labute approximate surface area is 143 Å². The van der Waals surface area contributed by atoms with Crippen molar-refractivity contribution >= 4 is 28.8 Å². The Balaban J connectivity index is 1.79. The minimum Gasteiger partial charge on any atom is -0.362 e. The lowest BCUT2D eigenvalue weighted by Crippen LogP contribution is -2.47. The van der Waals surface area contributed by atoms with E-state index in [-0.39, 0.29) is 11.3 Å². The van der Waals surface area contributed by atoms with E-state index in [0.29, 0.717) is 36.9 Å². The van der Waals surface area contributed by atoms with Crippen LogP contribution in [0.5, 0.6) is 0 Å². The van der Waals surface area contributed by atoms with Gasteiger partial charge in [0.05, 0.1) is 21.6 Å². The highest BCUT2D eigenvalue weighted by atomic mass is 35.5. The maximum Gasteiger partial charge on any atom is 0.293 e. The number of aromatic nitrogens is 1. The predicted molar refractivity (Wildman–Crippen MR) is 91.5 cm³/mol. The molecule has 0 bridgehead atoms. The van der Waals surface area contributed by atoms with Gasteiger partial charge in [-0.25, -0.2) is 4.98 Å². The van der Waals surface area contributed by atoms with E-state index >= 15 is 0 Å². The summed E-state index contributed by atoms with van der Waals surface area (Å²) in [6.45, 7) is 2.54. The molecule has 0 atom stereocenters. The molecule has 0 N–H and O–H groups in total. The van der Waals surface area contributed by atoms with Gasteiger partial charge in [-0.1, -0.05) is 11.6 Å². The van der Waals surface area contributed by atoms with Gasteiger partial charge in [0.25, 0.3) is 5.69 Å². The van der Waals surface area contributed by atoms with E-state index in [1.807, 2.05) is 11.0 Å². The van der Waals surface area contributed by atoms with Gasteiger partial charge in [0.2, 0.25) is 0 Å². The van der Waals surface area contributed by atoms with Crippen LogP contribution < -0.4 is 9.80 Å². The van der Waals surface area contributed by atoms with E-state index in [4.69, 9.17) is 16.9 Å². The van der Waals surface area contributed by atoms with Gasteiger partial charge in [-0.3, -0.25) is 10.1 Å². The third-order valence-electron chi connectivity index (χ3n) is 3.96. The van der Waals surface area contributed by atoms with Crippen LogP contribution in [0.15, 0.2) is 36.5 Å². The minimum atomic E-state index is -0.446. The summed E-state index contributed by atoms with van der Waals surface area (Å²) in [5, 5.41) is 20.8. The lowest BCUT2D eigenvalue weighted by atomic mass is 10.1. The second-order valence-corrected chi connectivity index (χ2v) is 5.76. The first kappa shape index (κ1) is 16.0. The van der Waals surface area contributed by atoms with Crippen molar-refractivity contribution in [3.63, 3.8) is 0 Å². The smallest absolute Gasteiger partial charge is 0.293 e. The first-order chi connectivity index (χ1) is 11.6. The molecule has 122 valence electrons. The molecule has 1 fully saturated rings. The molecule has 1 aromatic heterocycles. The number of pyridine rings is 1. The van der Waals surface area contributed by atoms with Crippen molar-refractivity contribution in [3.8, 4) is 6.07 Å². The van der Waals surface area contributed by atoms with E-state index in [1.54, 1.807) is 30.5 Å². The third kappa shape index (κ3) is 3.09. The van der Waals surface area contributed by atoms with E-state index in [0.717, 1.165) is 5.82 Å². The number of nitro groups is 1. The molecule has 0 saturated carbocycles. The number of hydrogen-bond acceptors (Lipinski definition) is 6. The van der Waals surface area contributed by atoms with Crippen molar-refractivity contribution in [2.75, 3.05) is 36.0 Å². The van der Waals surface area contributed by atoms with E-state index in [9.17, 15) is 10.1 Å². The van der Waals surface area contributed by atoms with Crippen molar-refractivity contribution in [1.82, 2.24) is 4.98 Å². The highest BCUT2D eigenvalue weighted by molar-refractivity contribution is 6.32. The SMILES string of the molecule is N#Cc1ccc(N2CCN(c3ncccc3Cl)CC2)c([N+](=O)[O-])c1. The highest BCUT2D eigenvalue weighted by Gasteiger charge is 2.25. The lowest BCUT2D eigenvalue weighted by Gasteiger charge is -2.36. The molecule has 0 spiro atoms. The summed E-state index contributed by atoms with van der Waals surface area (Å²) in [6.07, 6.45) is 1.69. The van der Waals surface area contributed by atoms with Crippen molar-refractivity contribution in [2.24, 2.45) is 0 Å². The molecule has 0 amide bonds. The van der Waals surface area contributed by atoms with Crippen LogP contribution in [-0.4, -0.2) is 36.1 Å². The number of halogens is 1. The molecule has 0 unspecified atom stereocenters. The Morgan fingerprint density at radius 1 is 1.21 bits per heavy atom. The maximum absolute atomic E-state index is 11.3. The van der Waals surface area contributed by atoms with Gasteiger partial charge in [-0.2, -0.15) is 5.26 Å². The van der Waals surface area contributed by atoms with Crippen LogP contribution in [0.1, 0.15) is 5.56 Å². The summed E-state index contributed by atoms with van der Waals surface area (Å²) in [7, 11) is 0. The standard InChI is InChI=1S/C16H14ClN5O2/c17-13-2-1-5-19-16(13)21-8-6-20(7-9-21)14-4-3-12(11-18)10-15(14)22(23)24/h1-5,10H,6-9H2. The quantitative estimate of drug-likeness (QED) is 0.629. The Morgan fingerprint density at radius 2 is 1.92 bits per heavy atom. The third-order valence-corrected chi connectivity index (χ3v) is 4.26. The summed E-state index contributed by atoms with van der Waals surface area (Å²) in [5.74, 6) is 0.730. The van der Waals surface area contributed by atoms with Gasteiger partial charge in [0, 0.05) is 38.4 Å². The molecular weight excluding hydrogens is 330 g/mol. The second-order valence-electron chi connectivity index (χ2n) is 5.36. The summed E-state index contributed by atoms with van der Waals surface area (Å²) in [6, 6.07) is 10.1. The number of nitro benzene ring substituents is 1. The maximum atomic E-state index is 11.3. The fourth-order valence-electron chi connectivity index (χ4n) is 2.78. The molecule has 1 aliphatic rings. The molecule has 3 rings (SSSR count). The Bertz CT molecular complexity index is 812. The summed E-state index contributed by atoms with van der Waals surface area (Å²) in [4.78, 5) is 19.2. The van der Waals surface area contributed by atoms with Gasteiger partial charge in [0.15, 0.2) is 0 Å². The first-order valence-corrected chi connectivity index (χ1v) is 7.77. The zero-order valence-corrected chi connectivity index (χ0v) is 13.5. The molecule has 2 aromatic rings. The zero-order chi connectivity index (χ0) is 17.1. The van der Waals surface area contributed by atoms with Crippen LogP contribution in [0.3, 0.4) is 0 Å². The molecular formula is C16H14ClN5O2. The Kier molecular flexibility index (Phi) is 4.49. The van der Waals surface area contributed by atoms with Gasteiger partial charge >= 0.3 is 0 Å². The van der Waals surface area contributed by atoms with Crippen molar-refractivity contribution in [1.29, 1.82) is 5.26 Å². The molecule has 24 heavy (non-hydrogen) atoms. The molecule has 1 saturated heterocycles. The van der Waals surface area contributed by atoms with Gasteiger partial charge in [-0.15, -0.1) is 0 Å². The van der Waals surface area contributed by atoms with Gasteiger partial charge in [-0.05, 0) is 24.3 Å². The topological polar surface area (TPSA) is 86.3 Å². The zero-order valence-electron chi connectivity index (χ0n) is 12.7. The Morgan fingerprint density at radius 3 is 2.54 bits per heavy atom. The number of benzene rings is 1. The molecule has 1 aromatic carbocycles. The lowest BCUT2D eigenvalue weighted by molar-refractivity contribution is -0.384. The number of anilines is 2. The largest absolute Gasteiger partial charge is 0.362 e. The Hall–Kier alpha value is -2.85. The fraction of sp³-hybridized carbons (Fsp3) is 0.250. The number of piperazine rings is 1. The van der Waals surface area contributed by atoms with E-state index < -0.39 is 4.92 Å². The second kappa shape index (κ2) is 6.72. The van der Waals surface area contributed by atoms with Crippen LogP contribution in [0, 0.1) is 21.4 Å². The predicted octanol–water partition coefficient (Wildman–Crippen LogP) is 2.84. The number of nitrogens with zero attached hydrogens (tertiary/aromatic N) is 5. The molecule has 7 nitrogen and oxygen atoms in total. The van der Waals surface area contributed by atoms with Gasteiger partial charge in [0.1, 0.15) is 11.5 Å². The molecule has 1 aliphatic heterocycles. The van der Waals surface area contributed by atoms with Crippen LogP contribution >= 0.6 is 11.6 Å². The minimum absolute atomic E-state index is 0.0432. The summed E-state index contributed by atoms with van der Waals surface area (Å²) >= 11 is 6.17. The van der Waals surface area contributed by atoms with Crippen molar-refractivity contribution in [2.45, 2.75) is 0 Å².